The van der Waals surface area contributed by atoms with Gasteiger partial charge < -0.3 is 0 Å². The van der Waals surface area contributed by atoms with Crippen LogP contribution < -0.4 is 0 Å². The maximum atomic E-state index is 2.76. The molecule has 0 nitrogen and oxygen atoms in total. The van der Waals surface area contributed by atoms with Gasteiger partial charge >= 0.3 is 0 Å². The number of hydrogen-bond acceptors (Lipinski definition) is 0. The Balaban J connectivity index is 1.81. The molecule has 0 radical (unpaired) electrons. The fourth-order valence-electron chi connectivity index (χ4n) is 10.8. The zero-order valence-electron chi connectivity index (χ0n) is 12.3. The molecule has 2 spiro atoms. The van der Waals surface area contributed by atoms with Gasteiger partial charge in [0, 0.05) is 0 Å². The summed E-state index contributed by atoms with van der Waals surface area (Å²) in [7, 11) is 0. The molecule has 10 atom stereocenters. The van der Waals surface area contributed by atoms with Crippen LogP contribution in [0.15, 0.2) is 0 Å². The maximum absolute atomic E-state index is 2.76. The van der Waals surface area contributed by atoms with Crippen molar-refractivity contribution in [1.29, 1.82) is 0 Å². The van der Waals surface area contributed by atoms with Crippen molar-refractivity contribution < 1.29 is 0 Å². The van der Waals surface area contributed by atoms with E-state index in [4.69, 9.17) is 0 Å². The second-order valence-electron chi connectivity index (χ2n) is 9.65. The third kappa shape index (κ3) is 0.465. The molecular formula is C18H26. The average Bonchev–Trinajstić information content (AvgIpc) is 2.93. The normalized spacial score (nSPS) is 84.7. The summed E-state index contributed by atoms with van der Waals surface area (Å²) in [5, 5.41) is 0. The van der Waals surface area contributed by atoms with Gasteiger partial charge in [0.2, 0.25) is 0 Å². The third-order valence-corrected chi connectivity index (χ3v) is 10.9. The Morgan fingerprint density at radius 3 is 2.56 bits per heavy atom. The lowest BCUT2D eigenvalue weighted by atomic mass is 9.41. The highest BCUT2D eigenvalue weighted by molar-refractivity contribution is 5.44. The van der Waals surface area contributed by atoms with Crippen LogP contribution in [-0.4, -0.2) is 0 Å². The van der Waals surface area contributed by atoms with Crippen LogP contribution in [0.2, 0.25) is 0 Å². The lowest BCUT2D eigenvalue weighted by molar-refractivity contribution is -0.164. The SMILES string of the molecule is CC1CC2CC3C4C5CC6(C)C24CC13C6(C)C5C. The highest BCUT2D eigenvalue weighted by atomic mass is 15.0. The standard InChI is InChI=1S/C18H26/c1-9-5-11-6-13-14-12-7-15(3)16(4,10(12)2)17(9,13)8-18(11,14)15/h9-14H,5-8H2,1-4H3. The summed E-state index contributed by atoms with van der Waals surface area (Å²) >= 11 is 0. The lowest BCUT2D eigenvalue weighted by Crippen LogP contribution is -2.59. The smallest absolute Gasteiger partial charge is 0.0170 e. The molecule has 0 aromatic rings. The topological polar surface area (TPSA) is 0 Å². The van der Waals surface area contributed by atoms with Crippen molar-refractivity contribution in [2.45, 2.75) is 53.4 Å². The third-order valence-electron chi connectivity index (χ3n) is 10.9. The molecule has 7 saturated carbocycles. The van der Waals surface area contributed by atoms with E-state index in [-0.39, 0.29) is 0 Å². The summed E-state index contributed by atoms with van der Waals surface area (Å²) in [6, 6.07) is 0. The maximum Gasteiger partial charge on any atom is -0.0170 e. The van der Waals surface area contributed by atoms with Gasteiger partial charge in [0.1, 0.15) is 0 Å². The molecule has 18 heavy (non-hydrogen) atoms. The minimum absolute atomic E-state index is 0.703. The molecule has 7 rings (SSSR count). The minimum atomic E-state index is 0.703. The molecule has 0 aliphatic heterocycles. The van der Waals surface area contributed by atoms with Crippen LogP contribution in [-0.2, 0) is 0 Å². The van der Waals surface area contributed by atoms with E-state index in [1.165, 1.54) is 5.92 Å². The predicted octanol–water partition coefficient (Wildman–Crippen LogP) is 4.35. The first-order valence-corrected chi connectivity index (χ1v) is 8.45. The van der Waals surface area contributed by atoms with Crippen molar-refractivity contribution in [3.05, 3.63) is 0 Å². The first-order chi connectivity index (χ1) is 8.45. The minimum Gasteiger partial charge on any atom is -0.0619 e. The van der Waals surface area contributed by atoms with Crippen molar-refractivity contribution in [1.82, 2.24) is 0 Å². The molecule has 0 N–H and O–H groups in total. The summed E-state index contributed by atoms with van der Waals surface area (Å²) < 4.78 is 0. The summed E-state index contributed by atoms with van der Waals surface area (Å²) in [6.45, 7) is 10.8. The van der Waals surface area contributed by atoms with E-state index in [2.05, 4.69) is 27.7 Å². The fourth-order valence-corrected chi connectivity index (χ4v) is 10.8. The Kier molecular flexibility index (Phi) is 1.12. The summed E-state index contributed by atoms with van der Waals surface area (Å²) in [6.07, 6.45) is 6.51. The van der Waals surface area contributed by atoms with Gasteiger partial charge in [-0.2, -0.15) is 0 Å². The zero-order chi connectivity index (χ0) is 12.3. The van der Waals surface area contributed by atoms with Crippen LogP contribution in [0.3, 0.4) is 0 Å². The quantitative estimate of drug-likeness (QED) is 0.592. The second-order valence-corrected chi connectivity index (χ2v) is 9.65. The van der Waals surface area contributed by atoms with Crippen LogP contribution >= 0.6 is 0 Å². The molecule has 0 saturated heterocycles. The molecule has 0 amide bonds. The second kappa shape index (κ2) is 2.06. The molecular weight excluding hydrogens is 216 g/mol. The van der Waals surface area contributed by atoms with Gasteiger partial charge in [0.25, 0.3) is 0 Å². The Morgan fingerprint density at radius 2 is 1.78 bits per heavy atom. The molecule has 7 aliphatic rings. The largest absolute Gasteiger partial charge is 0.0619 e. The fraction of sp³-hybridized carbons (Fsp3) is 1.00. The van der Waals surface area contributed by atoms with Crippen molar-refractivity contribution in [2.75, 3.05) is 0 Å². The summed E-state index contributed by atoms with van der Waals surface area (Å²) in [5.74, 6) is 6.65. The Labute approximate surface area is 111 Å². The van der Waals surface area contributed by atoms with Gasteiger partial charge in [0.05, 0.1) is 0 Å². The molecule has 10 unspecified atom stereocenters. The van der Waals surface area contributed by atoms with Gasteiger partial charge in [-0.3, -0.25) is 0 Å². The molecule has 0 aromatic heterocycles. The van der Waals surface area contributed by atoms with Crippen molar-refractivity contribution >= 4 is 0 Å². The molecule has 0 heterocycles. The molecule has 7 aliphatic carbocycles. The van der Waals surface area contributed by atoms with E-state index >= 15 is 0 Å². The summed E-state index contributed by atoms with van der Waals surface area (Å²) in [4.78, 5) is 0. The van der Waals surface area contributed by atoms with Gasteiger partial charge in [-0.25, -0.2) is 0 Å². The highest BCUT2D eigenvalue weighted by Crippen LogP contribution is 3.02. The van der Waals surface area contributed by atoms with Gasteiger partial charge in [0.15, 0.2) is 0 Å². The Hall–Kier alpha value is 0. The molecule has 0 heteroatoms. The van der Waals surface area contributed by atoms with E-state index in [9.17, 15) is 0 Å². The Bertz CT molecular complexity index is 506. The number of fused-ring (bicyclic) bond motifs is 2. The molecule has 98 valence electrons. The molecule has 6 bridgehead atoms. The first kappa shape index (κ1) is 9.83. The van der Waals surface area contributed by atoms with Crippen LogP contribution in [0.25, 0.3) is 0 Å². The van der Waals surface area contributed by atoms with E-state index in [0.29, 0.717) is 5.41 Å². The lowest BCUT2D eigenvalue weighted by Gasteiger charge is -2.63. The van der Waals surface area contributed by atoms with Crippen LogP contribution in [0.5, 0.6) is 0 Å². The number of rotatable bonds is 0. The van der Waals surface area contributed by atoms with E-state index < -0.39 is 0 Å². The van der Waals surface area contributed by atoms with Crippen LogP contribution in [0, 0.1) is 57.2 Å². The monoisotopic (exact) mass is 242 g/mol. The summed E-state index contributed by atoms with van der Waals surface area (Å²) in [5.41, 5.74) is 3.07. The average molecular weight is 242 g/mol. The van der Waals surface area contributed by atoms with Gasteiger partial charge in [-0.1, -0.05) is 27.7 Å². The Morgan fingerprint density at radius 1 is 1.00 bits per heavy atom. The van der Waals surface area contributed by atoms with Crippen molar-refractivity contribution in [2.24, 2.45) is 57.2 Å². The van der Waals surface area contributed by atoms with E-state index in [1.807, 2.05) is 0 Å². The van der Waals surface area contributed by atoms with Crippen LogP contribution in [0.1, 0.15) is 53.4 Å². The molecule has 7 fully saturated rings. The van der Waals surface area contributed by atoms with Crippen molar-refractivity contribution in [3.8, 4) is 0 Å². The van der Waals surface area contributed by atoms with E-state index in [0.717, 1.165) is 45.8 Å². The number of hydrogen-bond donors (Lipinski definition) is 0. The predicted molar refractivity (Wildman–Crippen MR) is 71.8 cm³/mol. The first-order valence-electron chi connectivity index (χ1n) is 8.45. The van der Waals surface area contributed by atoms with Crippen LogP contribution in [0.4, 0.5) is 0 Å². The van der Waals surface area contributed by atoms with Gasteiger partial charge in [-0.05, 0) is 82.9 Å². The zero-order valence-corrected chi connectivity index (χ0v) is 12.3. The van der Waals surface area contributed by atoms with Crippen molar-refractivity contribution in [3.63, 3.8) is 0 Å². The highest BCUT2D eigenvalue weighted by Gasteiger charge is 2.97. The van der Waals surface area contributed by atoms with Gasteiger partial charge in [-0.15, -0.1) is 0 Å². The molecule has 0 aromatic carbocycles. The van der Waals surface area contributed by atoms with E-state index in [1.54, 1.807) is 25.7 Å².